The highest BCUT2D eigenvalue weighted by atomic mass is 15.3. The third-order valence-electron chi connectivity index (χ3n) is 3.11. The second-order valence-electron chi connectivity index (χ2n) is 5.47. The molecule has 0 radical (unpaired) electrons. The fourth-order valence-corrected chi connectivity index (χ4v) is 2.12. The Hall–Kier alpha value is -0.830. The Morgan fingerprint density at radius 3 is 2.67 bits per heavy atom. The highest BCUT2D eigenvalue weighted by Gasteiger charge is 2.09. The Labute approximate surface area is 112 Å². The standard InChI is InChI=1S/C15H29N3/c1-5-7-9-18-15(8-6-2)14(12-17-18)11-16-10-13(3)4/h12-13,16H,5-11H2,1-4H3. The van der Waals surface area contributed by atoms with E-state index in [1.54, 1.807) is 0 Å². The van der Waals surface area contributed by atoms with Crippen LogP contribution in [0.2, 0.25) is 0 Å². The van der Waals surface area contributed by atoms with Gasteiger partial charge in [-0.05, 0) is 25.3 Å². The van der Waals surface area contributed by atoms with E-state index in [1.165, 1.54) is 30.5 Å². The molecule has 0 fully saturated rings. The third-order valence-corrected chi connectivity index (χ3v) is 3.11. The predicted molar refractivity (Wildman–Crippen MR) is 77.7 cm³/mol. The van der Waals surface area contributed by atoms with Crippen LogP contribution in [0, 0.1) is 5.92 Å². The maximum Gasteiger partial charge on any atom is 0.0537 e. The van der Waals surface area contributed by atoms with Crippen LogP contribution in [0.15, 0.2) is 6.20 Å². The van der Waals surface area contributed by atoms with Crippen LogP contribution >= 0.6 is 0 Å². The lowest BCUT2D eigenvalue weighted by Gasteiger charge is -2.10. The van der Waals surface area contributed by atoms with E-state index < -0.39 is 0 Å². The van der Waals surface area contributed by atoms with Crippen molar-refractivity contribution in [3.8, 4) is 0 Å². The van der Waals surface area contributed by atoms with E-state index in [9.17, 15) is 0 Å². The molecule has 1 N–H and O–H groups in total. The number of hydrogen-bond acceptors (Lipinski definition) is 2. The molecule has 3 heteroatoms. The van der Waals surface area contributed by atoms with E-state index in [4.69, 9.17) is 0 Å². The second-order valence-corrected chi connectivity index (χ2v) is 5.47. The van der Waals surface area contributed by atoms with Crippen molar-refractivity contribution in [2.75, 3.05) is 6.54 Å². The zero-order chi connectivity index (χ0) is 13.4. The maximum absolute atomic E-state index is 4.55. The van der Waals surface area contributed by atoms with Gasteiger partial charge >= 0.3 is 0 Å². The smallest absolute Gasteiger partial charge is 0.0537 e. The number of unbranched alkanes of at least 4 members (excludes halogenated alkanes) is 1. The van der Waals surface area contributed by atoms with Gasteiger partial charge in [0.25, 0.3) is 0 Å². The van der Waals surface area contributed by atoms with Crippen LogP contribution in [0.4, 0.5) is 0 Å². The van der Waals surface area contributed by atoms with Crippen LogP contribution in [0.25, 0.3) is 0 Å². The monoisotopic (exact) mass is 251 g/mol. The first-order valence-electron chi connectivity index (χ1n) is 7.43. The third kappa shape index (κ3) is 4.81. The molecule has 0 aliphatic heterocycles. The summed E-state index contributed by atoms with van der Waals surface area (Å²) in [6.07, 6.45) is 6.83. The molecule has 0 aromatic carbocycles. The topological polar surface area (TPSA) is 29.9 Å². The molecule has 0 saturated carbocycles. The van der Waals surface area contributed by atoms with E-state index >= 15 is 0 Å². The molecule has 18 heavy (non-hydrogen) atoms. The van der Waals surface area contributed by atoms with Gasteiger partial charge in [0.05, 0.1) is 6.20 Å². The Morgan fingerprint density at radius 1 is 1.28 bits per heavy atom. The molecule has 0 atom stereocenters. The first-order valence-corrected chi connectivity index (χ1v) is 7.43. The number of nitrogens with zero attached hydrogens (tertiary/aromatic N) is 2. The van der Waals surface area contributed by atoms with Gasteiger partial charge in [-0.15, -0.1) is 0 Å². The molecule has 0 aliphatic carbocycles. The van der Waals surface area contributed by atoms with Crippen LogP contribution in [-0.4, -0.2) is 16.3 Å². The van der Waals surface area contributed by atoms with Gasteiger partial charge in [0.1, 0.15) is 0 Å². The van der Waals surface area contributed by atoms with Gasteiger partial charge in [0, 0.05) is 24.3 Å². The fraction of sp³-hybridized carbons (Fsp3) is 0.800. The summed E-state index contributed by atoms with van der Waals surface area (Å²) in [4.78, 5) is 0. The maximum atomic E-state index is 4.55. The SMILES string of the molecule is CCCCn1ncc(CNCC(C)C)c1CCC. The molecular formula is C15H29N3. The molecule has 0 unspecified atom stereocenters. The zero-order valence-electron chi connectivity index (χ0n) is 12.5. The molecule has 1 aromatic heterocycles. The zero-order valence-corrected chi connectivity index (χ0v) is 12.5. The van der Waals surface area contributed by atoms with Crippen molar-refractivity contribution in [1.82, 2.24) is 15.1 Å². The Morgan fingerprint density at radius 2 is 2.06 bits per heavy atom. The summed E-state index contributed by atoms with van der Waals surface area (Å²) in [7, 11) is 0. The van der Waals surface area contributed by atoms with Gasteiger partial charge < -0.3 is 5.32 Å². The number of aromatic nitrogens is 2. The van der Waals surface area contributed by atoms with Crippen LogP contribution in [0.1, 0.15) is 58.2 Å². The summed E-state index contributed by atoms with van der Waals surface area (Å²) in [5, 5.41) is 8.06. The minimum absolute atomic E-state index is 0.703. The summed E-state index contributed by atoms with van der Waals surface area (Å²) in [6, 6.07) is 0. The Bertz CT molecular complexity index is 328. The van der Waals surface area contributed by atoms with E-state index in [1.807, 2.05) is 6.20 Å². The van der Waals surface area contributed by atoms with Crippen molar-refractivity contribution in [2.45, 2.75) is 66.5 Å². The molecule has 0 saturated heterocycles. The largest absolute Gasteiger partial charge is 0.312 e. The number of nitrogens with one attached hydrogen (secondary N) is 1. The number of hydrogen-bond donors (Lipinski definition) is 1. The van der Waals surface area contributed by atoms with E-state index in [0.29, 0.717) is 5.92 Å². The van der Waals surface area contributed by atoms with Crippen molar-refractivity contribution in [2.24, 2.45) is 5.92 Å². The van der Waals surface area contributed by atoms with E-state index in [-0.39, 0.29) is 0 Å². The Balaban J connectivity index is 2.62. The molecule has 1 heterocycles. The van der Waals surface area contributed by atoms with Crippen molar-refractivity contribution < 1.29 is 0 Å². The molecule has 1 aromatic rings. The fourth-order valence-electron chi connectivity index (χ4n) is 2.12. The van der Waals surface area contributed by atoms with Crippen LogP contribution in [0.5, 0.6) is 0 Å². The molecule has 0 aliphatic rings. The lowest BCUT2D eigenvalue weighted by Crippen LogP contribution is -2.19. The molecule has 104 valence electrons. The van der Waals surface area contributed by atoms with Gasteiger partial charge in [-0.2, -0.15) is 5.10 Å². The molecule has 0 spiro atoms. The van der Waals surface area contributed by atoms with Gasteiger partial charge in [0.15, 0.2) is 0 Å². The second kappa shape index (κ2) is 8.30. The minimum atomic E-state index is 0.703. The average molecular weight is 251 g/mol. The molecular weight excluding hydrogens is 222 g/mol. The lowest BCUT2D eigenvalue weighted by molar-refractivity contribution is 0.535. The normalized spacial score (nSPS) is 11.4. The molecule has 0 bridgehead atoms. The van der Waals surface area contributed by atoms with Crippen molar-refractivity contribution in [3.63, 3.8) is 0 Å². The van der Waals surface area contributed by atoms with Crippen molar-refractivity contribution in [1.29, 1.82) is 0 Å². The van der Waals surface area contributed by atoms with Crippen molar-refractivity contribution >= 4 is 0 Å². The number of rotatable bonds is 9. The summed E-state index contributed by atoms with van der Waals surface area (Å²) < 4.78 is 2.21. The highest BCUT2D eigenvalue weighted by Crippen LogP contribution is 2.12. The highest BCUT2D eigenvalue weighted by molar-refractivity contribution is 5.18. The van der Waals surface area contributed by atoms with Gasteiger partial charge in [-0.1, -0.05) is 40.5 Å². The van der Waals surface area contributed by atoms with Gasteiger partial charge in [-0.25, -0.2) is 0 Å². The molecule has 1 rings (SSSR count). The van der Waals surface area contributed by atoms with Crippen LogP contribution in [-0.2, 0) is 19.5 Å². The predicted octanol–water partition coefficient (Wildman–Crippen LogP) is 3.38. The minimum Gasteiger partial charge on any atom is -0.312 e. The Kier molecular flexibility index (Phi) is 7.02. The average Bonchev–Trinajstić information content (AvgIpc) is 2.70. The van der Waals surface area contributed by atoms with E-state index in [0.717, 1.165) is 26.1 Å². The molecule has 0 amide bonds. The number of aryl methyl sites for hydroxylation is 1. The summed E-state index contributed by atoms with van der Waals surface area (Å²) in [6.45, 7) is 12.0. The first kappa shape index (κ1) is 15.2. The van der Waals surface area contributed by atoms with Crippen LogP contribution < -0.4 is 5.32 Å². The van der Waals surface area contributed by atoms with Gasteiger partial charge in [0.2, 0.25) is 0 Å². The molecule has 3 nitrogen and oxygen atoms in total. The van der Waals surface area contributed by atoms with Crippen molar-refractivity contribution in [3.05, 3.63) is 17.5 Å². The first-order chi connectivity index (χ1) is 8.69. The van der Waals surface area contributed by atoms with E-state index in [2.05, 4.69) is 42.8 Å². The lowest BCUT2D eigenvalue weighted by atomic mass is 10.1. The van der Waals surface area contributed by atoms with Gasteiger partial charge in [-0.3, -0.25) is 4.68 Å². The quantitative estimate of drug-likeness (QED) is 0.729. The summed E-state index contributed by atoms with van der Waals surface area (Å²) >= 11 is 0. The summed E-state index contributed by atoms with van der Waals surface area (Å²) in [5.74, 6) is 0.703. The van der Waals surface area contributed by atoms with Crippen LogP contribution in [0.3, 0.4) is 0 Å². The summed E-state index contributed by atoms with van der Waals surface area (Å²) in [5.41, 5.74) is 2.82.